The van der Waals surface area contributed by atoms with Gasteiger partial charge in [0, 0.05) is 35.7 Å². The van der Waals surface area contributed by atoms with Crippen molar-refractivity contribution >= 4 is 15.7 Å². The fourth-order valence-corrected chi connectivity index (χ4v) is 6.62. The Morgan fingerprint density at radius 1 is 0.974 bits per heavy atom. The number of aryl methyl sites for hydroxylation is 1. The zero-order chi connectivity index (χ0) is 26.4. The number of anilines is 1. The number of sulfonamides is 1. The molecule has 7 nitrogen and oxygen atoms in total. The van der Waals surface area contributed by atoms with E-state index in [9.17, 15) is 13.5 Å². The predicted octanol–water partition coefficient (Wildman–Crippen LogP) is 5.71. The molecule has 6 rings (SSSR count). The van der Waals surface area contributed by atoms with E-state index >= 15 is 0 Å². The van der Waals surface area contributed by atoms with Crippen LogP contribution in [0.1, 0.15) is 34.3 Å². The highest BCUT2D eigenvalue weighted by Crippen LogP contribution is 2.55. The maximum Gasteiger partial charge on any atom is 0.264 e. The average molecular weight is 530 g/mol. The third-order valence-electron chi connectivity index (χ3n) is 7.13. The number of methoxy groups -OCH3 is 1. The minimum atomic E-state index is -3.88. The van der Waals surface area contributed by atoms with Crippen molar-refractivity contribution in [2.45, 2.75) is 30.4 Å². The number of aromatic hydroxyl groups is 1. The molecule has 8 heteroatoms. The largest absolute Gasteiger partial charge is 0.504 e. The molecule has 0 unspecified atom stereocenters. The first kappa shape index (κ1) is 24.2. The van der Waals surface area contributed by atoms with Gasteiger partial charge in [-0.1, -0.05) is 48.0 Å². The van der Waals surface area contributed by atoms with Crippen molar-refractivity contribution in [3.05, 3.63) is 107 Å². The van der Waals surface area contributed by atoms with E-state index in [0.29, 0.717) is 29.5 Å². The van der Waals surface area contributed by atoms with Gasteiger partial charge in [0.2, 0.25) is 0 Å². The van der Waals surface area contributed by atoms with E-state index in [1.54, 1.807) is 55.6 Å². The van der Waals surface area contributed by atoms with Crippen LogP contribution >= 0.6 is 0 Å². The van der Waals surface area contributed by atoms with Gasteiger partial charge in [-0.15, -0.1) is 0 Å². The van der Waals surface area contributed by atoms with Crippen LogP contribution in [0, 0.1) is 6.92 Å². The van der Waals surface area contributed by atoms with Gasteiger partial charge in [0.25, 0.3) is 10.0 Å². The number of hydrogen-bond donors (Lipinski definition) is 1. The Morgan fingerprint density at radius 3 is 2.47 bits per heavy atom. The molecular formula is C30H27NO6S. The van der Waals surface area contributed by atoms with E-state index in [-0.39, 0.29) is 23.1 Å². The van der Waals surface area contributed by atoms with Crippen LogP contribution < -0.4 is 18.5 Å². The number of benzene rings is 4. The Hall–Kier alpha value is -4.17. The number of rotatable bonds is 6. The molecule has 1 N–H and O–H groups in total. The Balaban J connectivity index is 1.39. The van der Waals surface area contributed by atoms with Gasteiger partial charge in [-0.3, -0.25) is 4.31 Å². The molecule has 0 spiro atoms. The Labute approximate surface area is 221 Å². The molecule has 2 aliphatic rings. The summed E-state index contributed by atoms with van der Waals surface area (Å²) in [7, 11) is -2.33. The zero-order valence-electron chi connectivity index (χ0n) is 21.0. The molecule has 194 valence electrons. The van der Waals surface area contributed by atoms with Gasteiger partial charge in [0.05, 0.1) is 17.7 Å². The van der Waals surface area contributed by atoms with Crippen LogP contribution in [-0.4, -0.2) is 27.2 Å². The molecule has 0 saturated heterocycles. The first-order valence-electron chi connectivity index (χ1n) is 12.3. The fourth-order valence-electron chi connectivity index (χ4n) is 5.11. The molecule has 0 saturated carbocycles. The molecule has 2 atom stereocenters. The van der Waals surface area contributed by atoms with E-state index in [0.717, 1.165) is 22.3 Å². The molecule has 0 amide bonds. The number of hydrogen-bond acceptors (Lipinski definition) is 6. The Bertz CT molecular complexity index is 1600. The van der Waals surface area contributed by atoms with E-state index in [1.807, 2.05) is 43.3 Å². The topological polar surface area (TPSA) is 85.3 Å². The normalized spacial score (nSPS) is 17.7. The molecule has 2 aliphatic heterocycles. The van der Waals surface area contributed by atoms with E-state index in [1.165, 1.54) is 4.31 Å². The SMILES string of the molecule is COc1ccc2c(c1)N(S(=O)(=O)c1ccc(C)cc1)C[C@@H]1c3cc(O)c(OCc4ccccc4)cc3O[C@H]21. The molecule has 0 bridgehead atoms. The van der Waals surface area contributed by atoms with Gasteiger partial charge in [0.15, 0.2) is 11.5 Å². The van der Waals surface area contributed by atoms with E-state index in [4.69, 9.17) is 14.2 Å². The second kappa shape index (κ2) is 9.29. The summed E-state index contributed by atoms with van der Waals surface area (Å²) in [5.74, 6) is 1.09. The van der Waals surface area contributed by atoms with Crippen molar-refractivity contribution in [2.75, 3.05) is 18.0 Å². The van der Waals surface area contributed by atoms with Gasteiger partial charge in [0.1, 0.15) is 24.2 Å². The molecule has 4 aromatic carbocycles. The maximum atomic E-state index is 13.9. The van der Waals surface area contributed by atoms with E-state index < -0.39 is 16.1 Å². The van der Waals surface area contributed by atoms with E-state index in [2.05, 4.69) is 0 Å². The van der Waals surface area contributed by atoms with Crippen molar-refractivity contribution in [1.29, 1.82) is 0 Å². The lowest BCUT2D eigenvalue weighted by Gasteiger charge is -2.36. The number of phenols is 1. The van der Waals surface area contributed by atoms with Gasteiger partial charge >= 0.3 is 0 Å². The molecule has 4 aromatic rings. The predicted molar refractivity (Wildman–Crippen MR) is 144 cm³/mol. The number of ether oxygens (including phenoxy) is 3. The van der Waals surface area contributed by atoms with Crippen LogP contribution in [0.15, 0.2) is 89.8 Å². The third-order valence-corrected chi connectivity index (χ3v) is 8.93. The highest BCUT2D eigenvalue weighted by Gasteiger charge is 2.46. The molecule has 0 fully saturated rings. The van der Waals surface area contributed by atoms with Crippen molar-refractivity contribution in [1.82, 2.24) is 0 Å². The number of fused-ring (bicyclic) bond motifs is 5. The third kappa shape index (κ3) is 4.11. The number of nitrogens with zero attached hydrogens (tertiary/aromatic N) is 1. The van der Waals surface area contributed by atoms with Crippen molar-refractivity contribution in [3.63, 3.8) is 0 Å². The Morgan fingerprint density at radius 2 is 1.74 bits per heavy atom. The zero-order valence-corrected chi connectivity index (χ0v) is 21.8. The first-order valence-corrected chi connectivity index (χ1v) is 13.8. The summed E-state index contributed by atoms with van der Waals surface area (Å²) in [5, 5.41) is 10.8. The van der Waals surface area contributed by atoms with Crippen molar-refractivity contribution in [3.8, 4) is 23.0 Å². The lowest BCUT2D eigenvalue weighted by Crippen LogP contribution is -2.40. The van der Waals surface area contributed by atoms with Crippen molar-refractivity contribution in [2.24, 2.45) is 0 Å². The summed E-state index contributed by atoms with van der Waals surface area (Å²) in [4.78, 5) is 0.210. The lowest BCUT2D eigenvalue weighted by atomic mass is 9.87. The quantitative estimate of drug-likeness (QED) is 0.344. The smallest absolute Gasteiger partial charge is 0.264 e. The summed E-state index contributed by atoms with van der Waals surface area (Å²) in [6.07, 6.45) is -0.417. The van der Waals surface area contributed by atoms with Crippen LogP contribution in [0.25, 0.3) is 0 Å². The monoisotopic (exact) mass is 529 g/mol. The van der Waals surface area contributed by atoms with Crippen LogP contribution in [0.5, 0.6) is 23.0 Å². The van der Waals surface area contributed by atoms with Gasteiger partial charge in [-0.2, -0.15) is 0 Å². The molecule has 0 radical (unpaired) electrons. The standard InChI is InChI=1S/C30H27NO6S/c1-19-8-11-22(12-9-19)38(33,34)31-17-25-24-15-27(32)29(36-18-20-6-4-3-5-7-20)16-28(24)37-30(25)23-13-10-21(35-2)14-26(23)31/h3-16,25,30,32H,17-18H2,1-2H3/t25-,30-/m1/s1. The Kier molecular flexibility index (Phi) is 5.91. The first-order chi connectivity index (χ1) is 18.3. The molecule has 38 heavy (non-hydrogen) atoms. The van der Waals surface area contributed by atoms with Crippen LogP contribution in [0.3, 0.4) is 0 Å². The summed E-state index contributed by atoms with van der Waals surface area (Å²) >= 11 is 0. The fraction of sp³-hybridized carbons (Fsp3) is 0.200. The van der Waals surface area contributed by atoms with Gasteiger partial charge < -0.3 is 19.3 Å². The van der Waals surface area contributed by atoms with Crippen LogP contribution in [0.2, 0.25) is 0 Å². The van der Waals surface area contributed by atoms with Crippen LogP contribution in [-0.2, 0) is 16.6 Å². The lowest BCUT2D eigenvalue weighted by molar-refractivity contribution is 0.206. The van der Waals surface area contributed by atoms with Gasteiger partial charge in [-0.05, 0) is 42.8 Å². The highest BCUT2D eigenvalue weighted by atomic mass is 32.2. The minimum absolute atomic E-state index is 0.0163. The average Bonchev–Trinajstić information content (AvgIpc) is 3.29. The van der Waals surface area contributed by atoms with Crippen molar-refractivity contribution < 1.29 is 27.7 Å². The maximum absolute atomic E-state index is 13.9. The number of phenolic OH excluding ortho intramolecular Hbond substituents is 1. The van der Waals surface area contributed by atoms with Gasteiger partial charge in [-0.25, -0.2) is 8.42 Å². The highest BCUT2D eigenvalue weighted by molar-refractivity contribution is 7.92. The second-order valence-corrected chi connectivity index (χ2v) is 11.4. The summed E-state index contributed by atoms with van der Waals surface area (Å²) in [6.45, 7) is 2.36. The molecule has 0 aromatic heterocycles. The summed E-state index contributed by atoms with van der Waals surface area (Å²) < 4.78 is 46.9. The summed E-state index contributed by atoms with van der Waals surface area (Å²) in [5.41, 5.74) is 3.94. The van der Waals surface area contributed by atoms with Crippen LogP contribution in [0.4, 0.5) is 5.69 Å². The summed E-state index contributed by atoms with van der Waals surface area (Å²) in [6, 6.07) is 25.2. The minimum Gasteiger partial charge on any atom is -0.504 e. The molecular weight excluding hydrogens is 502 g/mol. The molecule has 2 heterocycles. The second-order valence-electron chi connectivity index (χ2n) is 9.55. The molecule has 0 aliphatic carbocycles.